The SMILES string of the molecule is CCC(C)C(C)(O)c1csc(C)c1. The molecule has 0 aliphatic heterocycles. The van der Waals surface area contributed by atoms with Gasteiger partial charge in [-0.3, -0.25) is 0 Å². The molecule has 2 heteroatoms. The molecule has 1 aromatic rings. The third-order valence-corrected chi connectivity index (χ3v) is 3.75. The molecule has 2 unspecified atom stereocenters. The van der Waals surface area contributed by atoms with Crippen LogP contribution in [0.3, 0.4) is 0 Å². The Kier molecular flexibility index (Phi) is 3.14. The third kappa shape index (κ3) is 2.12. The Morgan fingerprint density at radius 3 is 2.62 bits per heavy atom. The molecule has 0 saturated carbocycles. The second-order valence-electron chi connectivity index (χ2n) is 3.90. The summed E-state index contributed by atoms with van der Waals surface area (Å²) in [5.41, 5.74) is 0.392. The van der Waals surface area contributed by atoms with E-state index >= 15 is 0 Å². The van der Waals surface area contributed by atoms with Crippen molar-refractivity contribution in [2.75, 3.05) is 0 Å². The minimum absolute atomic E-state index is 0.307. The molecule has 0 radical (unpaired) electrons. The highest BCUT2D eigenvalue weighted by atomic mass is 32.1. The molecule has 0 bridgehead atoms. The summed E-state index contributed by atoms with van der Waals surface area (Å²) in [5.74, 6) is 0.307. The Morgan fingerprint density at radius 2 is 2.23 bits per heavy atom. The van der Waals surface area contributed by atoms with Crippen molar-refractivity contribution in [2.45, 2.75) is 39.7 Å². The van der Waals surface area contributed by atoms with Crippen LogP contribution in [0.5, 0.6) is 0 Å². The molecule has 0 spiro atoms. The van der Waals surface area contributed by atoms with Crippen molar-refractivity contribution in [3.63, 3.8) is 0 Å². The Morgan fingerprint density at radius 1 is 1.62 bits per heavy atom. The summed E-state index contributed by atoms with van der Waals surface area (Å²) < 4.78 is 0. The molecule has 0 fully saturated rings. The molecular formula is C11H18OS. The zero-order valence-corrected chi connectivity index (χ0v) is 9.61. The Hall–Kier alpha value is -0.340. The standard InChI is InChI=1S/C11H18OS/c1-5-8(2)11(4,12)10-6-9(3)13-7-10/h6-8,12H,5H2,1-4H3. The molecule has 1 heterocycles. The van der Waals surface area contributed by atoms with Crippen molar-refractivity contribution in [1.29, 1.82) is 0 Å². The number of rotatable bonds is 3. The van der Waals surface area contributed by atoms with Crippen LogP contribution in [0.15, 0.2) is 11.4 Å². The highest BCUT2D eigenvalue weighted by molar-refractivity contribution is 7.10. The summed E-state index contributed by atoms with van der Waals surface area (Å²) in [6.45, 7) is 8.18. The molecule has 1 aromatic heterocycles. The Bertz CT molecular complexity index is 275. The van der Waals surface area contributed by atoms with E-state index < -0.39 is 5.60 Å². The molecular weight excluding hydrogens is 180 g/mol. The maximum atomic E-state index is 10.3. The van der Waals surface area contributed by atoms with Gasteiger partial charge in [-0.2, -0.15) is 0 Å². The van der Waals surface area contributed by atoms with Crippen molar-refractivity contribution in [3.05, 3.63) is 21.9 Å². The number of aliphatic hydroxyl groups is 1. The van der Waals surface area contributed by atoms with E-state index in [-0.39, 0.29) is 0 Å². The monoisotopic (exact) mass is 198 g/mol. The third-order valence-electron chi connectivity index (χ3n) is 2.89. The summed E-state index contributed by atoms with van der Waals surface area (Å²) in [5, 5.41) is 12.3. The fraction of sp³-hybridized carbons (Fsp3) is 0.636. The van der Waals surface area contributed by atoms with E-state index in [0.717, 1.165) is 12.0 Å². The summed E-state index contributed by atoms with van der Waals surface area (Å²) >= 11 is 1.70. The summed E-state index contributed by atoms with van der Waals surface area (Å²) in [4.78, 5) is 1.26. The molecule has 0 aliphatic rings. The molecule has 0 amide bonds. The average Bonchev–Trinajstić information content (AvgIpc) is 2.50. The first-order valence-electron chi connectivity index (χ1n) is 4.76. The van der Waals surface area contributed by atoms with Crippen LogP contribution >= 0.6 is 11.3 Å². The molecule has 0 aliphatic carbocycles. The van der Waals surface area contributed by atoms with Crippen molar-refractivity contribution in [2.24, 2.45) is 5.92 Å². The highest BCUT2D eigenvalue weighted by Gasteiger charge is 2.29. The predicted molar refractivity (Wildman–Crippen MR) is 58.1 cm³/mol. The maximum absolute atomic E-state index is 10.3. The van der Waals surface area contributed by atoms with E-state index in [1.165, 1.54) is 4.88 Å². The Labute approximate surface area is 84.4 Å². The van der Waals surface area contributed by atoms with Gasteiger partial charge in [-0.25, -0.2) is 0 Å². The molecule has 1 nitrogen and oxygen atoms in total. The highest BCUT2D eigenvalue weighted by Crippen LogP contribution is 2.33. The molecule has 1 N–H and O–H groups in total. The smallest absolute Gasteiger partial charge is 0.0901 e. The van der Waals surface area contributed by atoms with Crippen LogP contribution in [-0.4, -0.2) is 5.11 Å². The van der Waals surface area contributed by atoms with E-state index in [4.69, 9.17) is 0 Å². The average molecular weight is 198 g/mol. The van der Waals surface area contributed by atoms with Gasteiger partial charge in [-0.15, -0.1) is 11.3 Å². The lowest BCUT2D eigenvalue weighted by molar-refractivity contribution is 0.000386. The van der Waals surface area contributed by atoms with Crippen LogP contribution in [-0.2, 0) is 5.60 Å². The first kappa shape index (κ1) is 10.7. The summed E-state index contributed by atoms with van der Waals surface area (Å²) in [6.07, 6.45) is 1.00. The van der Waals surface area contributed by atoms with Crippen molar-refractivity contribution < 1.29 is 5.11 Å². The molecule has 1 rings (SSSR count). The predicted octanol–water partition coefficient (Wildman–Crippen LogP) is 3.31. The van der Waals surface area contributed by atoms with Crippen molar-refractivity contribution in [1.82, 2.24) is 0 Å². The number of hydrogen-bond acceptors (Lipinski definition) is 2. The fourth-order valence-corrected chi connectivity index (χ4v) is 2.21. The topological polar surface area (TPSA) is 20.2 Å². The zero-order chi connectivity index (χ0) is 10.1. The van der Waals surface area contributed by atoms with Crippen LogP contribution in [0, 0.1) is 12.8 Å². The van der Waals surface area contributed by atoms with Crippen LogP contribution in [0.1, 0.15) is 37.6 Å². The first-order valence-corrected chi connectivity index (χ1v) is 5.64. The molecule has 13 heavy (non-hydrogen) atoms. The van der Waals surface area contributed by atoms with Crippen LogP contribution in [0.25, 0.3) is 0 Å². The van der Waals surface area contributed by atoms with Gasteiger partial charge in [0.15, 0.2) is 0 Å². The van der Waals surface area contributed by atoms with Crippen molar-refractivity contribution in [3.8, 4) is 0 Å². The van der Waals surface area contributed by atoms with Crippen LogP contribution in [0.2, 0.25) is 0 Å². The number of hydrogen-bond donors (Lipinski definition) is 1. The van der Waals surface area contributed by atoms with Gasteiger partial charge in [-0.05, 0) is 36.8 Å². The lowest BCUT2D eigenvalue weighted by Crippen LogP contribution is -2.28. The second-order valence-corrected chi connectivity index (χ2v) is 5.02. The first-order chi connectivity index (χ1) is 5.98. The lowest BCUT2D eigenvalue weighted by atomic mass is 9.84. The lowest BCUT2D eigenvalue weighted by Gasteiger charge is -2.28. The second kappa shape index (κ2) is 3.81. The van der Waals surface area contributed by atoms with Gasteiger partial charge in [0.05, 0.1) is 5.60 Å². The van der Waals surface area contributed by atoms with Gasteiger partial charge >= 0.3 is 0 Å². The molecule has 74 valence electrons. The van der Waals surface area contributed by atoms with Gasteiger partial charge in [0.2, 0.25) is 0 Å². The van der Waals surface area contributed by atoms with E-state index in [2.05, 4.69) is 32.2 Å². The van der Waals surface area contributed by atoms with Gasteiger partial charge < -0.3 is 5.11 Å². The van der Waals surface area contributed by atoms with E-state index in [0.29, 0.717) is 5.92 Å². The number of aryl methyl sites for hydroxylation is 1. The van der Waals surface area contributed by atoms with Crippen LogP contribution in [0.4, 0.5) is 0 Å². The quantitative estimate of drug-likeness (QED) is 0.790. The zero-order valence-electron chi connectivity index (χ0n) is 8.79. The minimum Gasteiger partial charge on any atom is -0.385 e. The maximum Gasteiger partial charge on any atom is 0.0901 e. The van der Waals surface area contributed by atoms with E-state index in [1.54, 1.807) is 11.3 Å². The van der Waals surface area contributed by atoms with Gasteiger partial charge in [0.1, 0.15) is 0 Å². The van der Waals surface area contributed by atoms with Crippen molar-refractivity contribution >= 4 is 11.3 Å². The van der Waals surface area contributed by atoms with Crippen LogP contribution < -0.4 is 0 Å². The van der Waals surface area contributed by atoms with Gasteiger partial charge in [-0.1, -0.05) is 20.3 Å². The molecule has 0 aromatic carbocycles. The Balaban J connectivity index is 2.92. The summed E-state index contributed by atoms with van der Waals surface area (Å²) in [7, 11) is 0. The summed E-state index contributed by atoms with van der Waals surface area (Å²) in [6, 6.07) is 2.08. The molecule has 2 atom stereocenters. The van der Waals surface area contributed by atoms with Gasteiger partial charge in [0, 0.05) is 4.88 Å². The van der Waals surface area contributed by atoms with E-state index in [1.807, 2.05) is 6.92 Å². The minimum atomic E-state index is -0.667. The largest absolute Gasteiger partial charge is 0.385 e. The number of thiophene rings is 1. The van der Waals surface area contributed by atoms with Gasteiger partial charge in [0.25, 0.3) is 0 Å². The molecule has 0 saturated heterocycles. The van der Waals surface area contributed by atoms with E-state index in [9.17, 15) is 5.11 Å². The fourth-order valence-electron chi connectivity index (χ4n) is 1.39. The normalized spacial score (nSPS) is 18.2.